The lowest BCUT2D eigenvalue weighted by Gasteiger charge is -2.28. The molecule has 3 nitrogen and oxygen atoms in total. The second-order valence-electron chi connectivity index (χ2n) is 3.28. The molecule has 0 aromatic rings. The van der Waals surface area contributed by atoms with Crippen molar-refractivity contribution in [1.29, 1.82) is 0 Å². The first-order valence-corrected chi connectivity index (χ1v) is 4.33. The van der Waals surface area contributed by atoms with E-state index in [4.69, 9.17) is 4.74 Å². The van der Waals surface area contributed by atoms with Crippen LogP contribution in [0.15, 0.2) is 12.2 Å². The molecule has 0 saturated carbocycles. The maximum Gasteiger partial charge on any atom is 0.0871 e. The van der Waals surface area contributed by atoms with Crippen LogP contribution in [0.3, 0.4) is 0 Å². The molecule has 1 aliphatic heterocycles. The fourth-order valence-corrected chi connectivity index (χ4v) is 1.18. The minimum atomic E-state index is -0.386. The van der Waals surface area contributed by atoms with E-state index >= 15 is 0 Å². The van der Waals surface area contributed by atoms with Gasteiger partial charge in [-0.1, -0.05) is 12.2 Å². The molecule has 1 aliphatic rings. The molecule has 0 spiro atoms. The van der Waals surface area contributed by atoms with E-state index in [9.17, 15) is 5.11 Å². The fourth-order valence-electron chi connectivity index (χ4n) is 1.18. The number of rotatable bonds is 3. The van der Waals surface area contributed by atoms with Gasteiger partial charge in [0, 0.05) is 19.6 Å². The van der Waals surface area contributed by atoms with E-state index in [2.05, 4.69) is 11.5 Å². The Bertz CT molecular complexity index is 153. The van der Waals surface area contributed by atoms with E-state index in [0.29, 0.717) is 6.54 Å². The van der Waals surface area contributed by atoms with Gasteiger partial charge in [0.25, 0.3) is 0 Å². The van der Waals surface area contributed by atoms with Gasteiger partial charge in [-0.05, 0) is 6.92 Å². The largest absolute Gasteiger partial charge is 0.387 e. The fraction of sp³-hybridized carbons (Fsp3) is 0.778. The van der Waals surface area contributed by atoms with Crippen LogP contribution in [0.5, 0.6) is 0 Å². The van der Waals surface area contributed by atoms with Crippen molar-refractivity contribution in [3.63, 3.8) is 0 Å². The minimum absolute atomic E-state index is 0.386. The first kappa shape index (κ1) is 9.71. The van der Waals surface area contributed by atoms with Gasteiger partial charge in [-0.15, -0.1) is 0 Å². The Hall–Kier alpha value is -0.380. The molecule has 1 fully saturated rings. The van der Waals surface area contributed by atoms with Crippen LogP contribution in [0.25, 0.3) is 0 Å². The number of aliphatic hydroxyl groups is 1. The van der Waals surface area contributed by atoms with Gasteiger partial charge in [0.1, 0.15) is 0 Å². The number of nitrogens with zero attached hydrogens (tertiary/aromatic N) is 1. The quantitative estimate of drug-likeness (QED) is 0.618. The molecule has 0 aromatic heterocycles. The Kier molecular flexibility index (Phi) is 3.72. The lowest BCUT2D eigenvalue weighted by atomic mass is 10.2. The van der Waals surface area contributed by atoms with E-state index in [1.165, 1.54) is 0 Å². The monoisotopic (exact) mass is 171 g/mol. The summed E-state index contributed by atoms with van der Waals surface area (Å²) in [6, 6.07) is 0. The molecule has 0 aliphatic carbocycles. The first-order valence-electron chi connectivity index (χ1n) is 4.33. The molecule has 0 aromatic carbocycles. The zero-order valence-corrected chi connectivity index (χ0v) is 7.62. The normalized spacial score (nSPS) is 22.2. The Morgan fingerprint density at radius 1 is 1.58 bits per heavy atom. The van der Waals surface area contributed by atoms with Gasteiger partial charge in [-0.2, -0.15) is 0 Å². The molecular formula is C9H17NO2. The van der Waals surface area contributed by atoms with Gasteiger partial charge < -0.3 is 9.84 Å². The van der Waals surface area contributed by atoms with Crippen LogP contribution in [0.4, 0.5) is 0 Å². The van der Waals surface area contributed by atoms with E-state index in [0.717, 1.165) is 31.9 Å². The summed E-state index contributed by atoms with van der Waals surface area (Å²) < 4.78 is 5.20. The van der Waals surface area contributed by atoms with Crippen LogP contribution in [0, 0.1) is 0 Å². The Morgan fingerprint density at radius 2 is 2.17 bits per heavy atom. The highest BCUT2D eigenvalue weighted by atomic mass is 16.5. The second-order valence-corrected chi connectivity index (χ2v) is 3.28. The summed E-state index contributed by atoms with van der Waals surface area (Å²) in [5.41, 5.74) is 0.835. The molecule has 1 unspecified atom stereocenters. The van der Waals surface area contributed by atoms with Crippen LogP contribution >= 0.6 is 0 Å². The summed E-state index contributed by atoms with van der Waals surface area (Å²) in [7, 11) is 0. The molecule has 1 saturated heterocycles. The standard InChI is InChI=1S/C9H17NO2/c1-8(2)9(11)7-10-3-5-12-6-4-10/h9,11H,1,3-7H2,2H3. The van der Waals surface area contributed by atoms with Gasteiger partial charge in [0.15, 0.2) is 0 Å². The van der Waals surface area contributed by atoms with Crippen LogP contribution in [0.1, 0.15) is 6.92 Å². The van der Waals surface area contributed by atoms with Crippen molar-refractivity contribution in [1.82, 2.24) is 4.90 Å². The lowest BCUT2D eigenvalue weighted by Crippen LogP contribution is -2.41. The molecule has 1 rings (SSSR count). The SMILES string of the molecule is C=C(C)C(O)CN1CCOCC1. The van der Waals surface area contributed by atoms with Gasteiger partial charge in [-0.3, -0.25) is 4.90 Å². The zero-order chi connectivity index (χ0) is 8.97. The highest BCUT2D eigenvalue weighted by Crippen LogP contribution is 2.03. The van der Waals surface area contributed by atoms with E-state index in [-0.39, 0.29) is 6.10 Å². The smallest absolute Gasteiger partial charge is 0.0871 e. The van der Waals surface area contributed by atoms with Crippen LogP contribution in [-0.4, -0.2) is 49.0 Å². The number of morpholine rings is 1. The van der Waals surface area contributed by atoms with Crippen molar-refractivity contribution in [2.75, 3.05) is 32.8 Å². The first-order chi connectivity index (χ1) is 5.70. The Morgan fingerprint density at radius 3 is 2.67 bits per heavy atom. The van der Waals surface area contributed by atoms with Gasteiger partial charge >= 0.3 is 0 Å². The maximum absolute atomic E-state index is 9.50. The minimum Gasteiger partial charge on any atom is -0.387 e. The van der Waals surface area contributed by atoms with Crippen molar-refractivity contribution in [2.24, 2.45) is 0 Å². The number of β-amino-alcohol motifs (C(OH)–C–C–N with tert-alkyl or cyclic N) is 1. The maximum atomic E-state index is 9.50. The van der Waals surface area contributed by atoms with Crippen molar-refractivity contribution in [3.8, 4) is 0 Å². The third kappa shape index (κ3) is 2.93. The van der Waals surface area contributed by atoms with Crippen LogP contribution in [-0.2, 0) is 4.74 Å². The molecule has 3 heteroatoms. The molecule has 70 valence electrons. The van der Waals surface area contributed by atoms with Crippen LogP contribution in [0.2, 0.25) is 0 Å². The number of hydrogen-bond donors (Lipinski definition) is 1. The highest BCUT2D eigenvalue weighted by molar-refractivity contribution is 4.97. The summed E-state index contributed by atoms with van der Waals surface area (Å²) >= 11 is 0. The topological polar surface area (TPSA) is 32.7 Å². The van der Waals surface area contributed by atoms with Crippen LogP contribution < -0.4 is 0 Å². The molecule has 1 atom stereocenters. The lowest BCUT2D eigenvalue weighted by molar-refractivity contribution is 0.0207. The molecule has 12 heavy (non-hydrogen) atoms. The van der Waals surface area contributed by atoms with Crippen molar-refractivity contribution < 1.29 is 9.84 Å². The number of hydrogen-bond acceptors (Lipinski definition) is 3. The number of ether oxygens (including phenoxy) is 1. The van der Waals surface area contributed by atoms with E-state index in [1.54, 1.807) is 0 Å². The average molecular weight is 171 g/mol. The molecule has 1 heterocycles. The predicted molar refractivity (Wildman–Crippen MR) is 48.1 cm³/mol. The Labute approximate surface area is 73.6 Å². The molecule has 0 amide bonds. The number of aliphatic hydroxyl groups excluding tert-OH is 1. The molecular weight excluding hydrogens is 154 g/mol. The summed E-state index contributed by atoms with van der Waals surface area (Å²) in [6.45, 7) is 9.66. The van der Waals surface area contributed by atoms with Gasteiger partial charge in [0.05, 0.1) is 19.3 Å². The molecule has 0 bridgehead atoms. The second kappa shape index (κ2) is 4.60. The summed E-state index contributed by atoms with van der Waals surface area (Å²) in [5, 5.41) is 9.50. The van der Waals surface area contributed by atoms with Crippen molar-refractivity contribution in [3.05, 3.63) is 12.2 Å². The average Bonchev–Trinajstić information content (AvgIpc) is 2.06. The molecule has 1 N–H and O–H groups in total. The molecule has 0 radical (unpaired) electrons. The van der Waals surface area contributed by atoms with Crippen molar-refractivity contribution in [2.45, 2.75) is 13.0 Å². The predicted octanol–water partition coefficient (Wildman–Crippen LogP) is 0.256. The summed E-state index contributed by atoms with van der Waals surface area (Å²) in [4.78, 5) is 2.20. The van der Waals surface area contributed by atoms with E-state index < -0.39 is 0 Å². The third-order valence-electron chi connectivity index (χ3n) is 2.10. The van der Waals surface area contributed by atoms with Gasteiger partial charge in [0.2, 0.25) is 0 Å². The summed E-state index contributed by atoms with van der Waals surface area (Å²) in [6.07, 6.45) is -0.386. The summed E-state index contributed by atoms with van der Waals surface area (Å²) in [5.74, 6) is 0. The third-order valence-corrected chi connectivity index (χ3v) is 2.10. The van der Waals surface area contributed by atoms with E-state index in [1.807, 2.05) is 6.92 Å². The zero-order valence-electron chi connectivity index (χ0n) is 7.62. The highest BCUT2D eigenvalue weighted by Gasteiger charge is 2.14. The van der Waals surface area contributed by atoms with Gasteiger partial charge in [-0.25, -0.2) is 0 Å². The Balaban J connectivity index is 2.24. The van der Waals surface area contributed by atoms with Crippen molar-refractivity contribution >= 4 is 0 Å².